The molecule has 2 heterocycles. The van der Waals surface area contributed by atoms with Crippen LogP contribution in [0.4, 0.5) is 19.0 Å². The molecular weight excluding hydrogens is 373 g/mol. The molecule has 1 aliphatic rings. The van der Waals surface area contributed by atoms with Gasteiger partial charge in [0.25, 0.3) is 0 Å². The van der Waals surface area contributed by atoms with E-state index in [0.717, 1.165) is 23.7 Å². The van der Waals surface area contributed by atoms with Crippen molar-refractivity contribution in [3.63, 3.8) is 0 Å². The first-order chi connectivity index (χ1) is 13.4. The fraction of sp³-hybridized carbons (Fsp3) is 0.421. The molecule has 0 spiro atoms. The molecule has 0 radical (unpaired) electrons. The fourth-order valence-corrected chi connectivity index (χ4v) is 3.06. The summed E-state index contributed by atoms with van der Waals surface area (Å²) in [6.45, 7) is 1.77. The van der Waals surface area contributed by atoms with Crippen LogP contribution in [-0.4, -0.2) is 54.1 Å². The number of carbonyl (C=O) groups is 1. The first-order valence-electron chi connectivity index (χ1n) is 8.92. The number of aryl methyl sites for hydroxylation is 1. The molecule has 1 aromatic heterocycles. The molecule has 1 fully saturated rings. The van der Waals surface area contributed by atoms with Gasteiger partial charge in [0.15, 0.2) is 0 Å². The van der Waals surface area contributed by atoms with E-state index in [1.807, 2.05) is 24.3 Å². The van der Waals surface area contributed by atoms with E-state index in [-0.39, 0.29) is 11.7 Å². The van der Waals surface area contributed by atoms with Gasteiger partial charge in [-0.3, -0.25) is 4.79 Å². The van der Waals surface area contributed by atoms with Gasteiger partial charge >= 0.3 is 6.18 Å². The van der Waals surface area contributed by atoms with Crippen LogP contribution in [0.25, 0.3) is 0 Å². The summed E-state index contributed by atoms with van der Waals surface area (Å²) in [5, 5.41) is 0. The van der Waals surface area contributed by atoms with Gasteiger partial charge in [0, 0.05) is 38.7 Å². The monoisotopic (exact) mass is 394 g/mol. The standard InChI is InChI=1S/C19H21F3N4O2/c1-28-15-5-2-14(3-6-15)4-7-18(27)26-10-8-25(9-11-26)17-12-16(19(20,21)22)23-13-24-17/h2-3,5-6,12-13H,4,7-11H2,1H3. The number of alkyl halides is 3. The molecule has 3 rings (SSSR count). The van der Waals surface area contributed by atoms with Gasteiger partial charge in [0.1, 0.15) is 23.6 Å². The number of rotatable bonds is 5. The number of hydrogen-bond donors (Lipinski definition) is 0. The second-order valence-electron chi connectivity index (χ2n) is 6.48. The molecule has 0 unspecified atom stereocenters. The molecule has 1 aliphatic heterocycles. The minimum atomic E-state index is -4.50. The summed E-state index contributed by atoms with van der Waals surface area (Å²) in [4.78, 5) is 23.1. The molecular formula is C19H21F3N4O2. The van der Waals surface area contributed by atoms with Crippen LogP contribution in [0, 0.1) is 0 Å². The molecule has 6 nitrogen and oxygen atoms in total. The number of benzene rings is 1. The van der Waals surface area contributed by atoms with Crippen LogP contribution in [0.15, 0.2) is 36.7 Å². The Kier molecular flexibility index (Phi) is 6.01. The van der Waals surface area contributed by atoms with Crippen LogP contribution in [0.1, 0.15) is 17.7 Å². The van der Waals surface area contributed by atoms with Crippen LogP contribution < -0.4 is 9.64 Å². The van der Waals surface area contributed by atoms with Crippen LogP contribution in [0.5, 0.6) is 5.75 Å². The number of ether oxygens (including phenoxy) is 1. The van der Waals surface area contributed by atoms with E-state index in [0.29, 0.717) is 39.0 Å². The highest BCUT2D eigenvalue weighted by molar-refractivity contribution is 5.76. The second kappa shape index (κ2) is 8.45. The number of methoxy groups -OCH3 is 1. The number of piperazine rings is 1. The minimum Gasteiger partial charge on any atom is -0.497 e. The predicted molar refractivity (Wildman–Crippen MR) is 97.1 cm³/mol. The average molecular weight is 394 g/mol. The lowest BCUT2D eigenvalue weighted by Crippen LogP contribution is -2.49. The Morgan fingerprint density at radius 2 is 1.79 bits per heavy atom. The van der Waals surface area contributed by atoms with Crippen molar-refractivity contribution in [2.75, 3.05) is 38.2 Å². The van der Waals surface area contributed by atoms with Crippen LogP contribution in [0.3, 0.4) is 0 Å². The van der Waals surface area contributed by atoms with Gasteiger partial charge in [-0.2, -0.15) is 13.2 Å². The summed E-state index contributed by atoms with van der Waals surface area (Å²) >= 11 is 0. The highest BCUT2D eigenvalue weighted by atomic mass is 19.4. The van der Waals surface area contributed by atoms with Gasteiger partial charge < -0.3 is 14.5 Å². The van der Waals surface area contributed by atoms with Crippen LogP contribution >= 0.6 is 0 Å². The highest BCUT2D eigenvalue weighted by Gasteiger charge is 2.33. The lowest BCUT2D eigenvalue weighted by Gasteiger charge is -2.35. The predicted octanol–water partition coefficient (Wildman–Crippen LogP) is 2.79. The second-order valence-corrected chi connectivity index (χ2v) is 6.48. The smallest absolute Gasteiger partial charge is 0.433 e. The SMILES string of the molecule is COc1ccc(CCC(=O)N2CCN(c3cc(C(F)(F)F)ncn3)CC2)cc1. The van der Waals surface area contributed by atoms with Crippen molar-refractivity contribution < 1.29 is 22.7 Å². The van der Waals surface area contributed by atoms with Gasteiger partial charge in [0.2, 0.25) is 5.91 Å². The average Bonchev–Trinajstić information content (AvgIpc) is 2.72. The quantitative estimate of drug-likeness (QED) is 0.781. The Morgan fingerprint density at radius 3 is 2.39 bits per heavy atom. The molecule has 2 aromatic rings. The third-order valence-electron chi connectivity index (χ3n) is 4.69. The normalized spacial score (nSPS) is 14.9. The number of hydrogen-bond acceptors (Lipinski definition) is 5. The van der Waals surface area contributed by atoms with Crippen molar-refractivity contribution in [2.24, 2.45) is 0 Å². The fourth-order valence-electron chi connectivity index (χ4n) is 3.06. The van der Waals surface area contributed by atoms with Crippen molar-refractivity contribution >= 4 is 11.7 Å². The Labute approximate surface area is 160 Å². The molecule has 1 aromatic carbocycles. The third kappa shape index (κ3) is 4.90. The van der Waals surface area contributed by atoms with Crippen molar-refractivity contribution in [2.45, 2.75) is 19.0 Å². The first kappa shape index (κ1) is 19.9. The molecule has 0 N–H and O–H groups in total. The molecule has 0 bridgehead atoms. The molecule has 0 aliphatic carbocycles. The van der Waals surface area contributed by atoms with E-state index in [1.54, 1.807) is 16.9 Å². The Morgan fingerprint density at radius 1 is 1.11 bits per heavy atom. The van der Waals surface area contributed by atoms with Gasteiger partial charge in [-0.15, -0.1) is 0 Å². The van der Waals surface area contributed by atoms with E-state index in [2.05, 4.69) is 9.97 Å². The maximum atomic E-state index is 12.8. The zero-order valence-corrected chi connectivity index (χ0v) is 15.4. The lowest BCUT2D eigenvalue weighted by molar-refractivity contribution is -0.141. The Hall–Kier alpha value is -2.84. The number of halogens is 3. The Bertz CT molecular complexity index is 804. The zero-order chi connectivity index (χ0) is 20.1. The number of aromatic nitrogens is 2. The van der Waals surface area contributed by atoms with E-state index >= 15 is 0 Å². The summed E-state index contributed by atoms with van der Waals surface area (Å²) in [6.07, 6.45) is -2.57. The topological polar surface area (TPSA) is 58.6 Å². The number of amides is 1. The molecule has 1 saturated heterocycles. The van der Waals surface area contributed by atoms with Gasteiger partial charge in [-0.1, -0.05) is 12.1 Å². The van der Waals surface area contributed by atoms with Gasteiger partial charge in [-0.05, 0) is 24.1 Å². The lowest BCUT2D eigenvalue weighted by atomic mass is 10.1. The van der Waals surface area contributed by atoms with E-state index in [4.69, 9.17) is 4.74 Å². The maximum Gasteiger partial charge on any atom is 0.433 e. The number of anilines is 1. The van der Waals surface area contributed by atoms with Gasteiger partial charge in [0.05, 0.1) is 7.11 Å². The zero-order valence-electron chi connectivity index (χ0n) is 15.4. The maximum absolute atomic E-state index is 12.8. The minimum absolute atomic E-state index is 0.0362. The van der Waals surface area contributed by atoms with E-state index in [9.17, 15) is 18.0 Å². The third-order valence-corrected chi connectivity index (χ3v) is 4.69. The summed E-state index contributed by atoms with van der Waals surface area (Å²) in [5.74, 6) is 1.03. The molecule has 28 heavy (non-hydrogen) atoms. The van der Waals surface area contributed by atoms with E-state index in [1.165, 1.54) is 0 Å². The summed E-state index contributed by atoms with van der Waals surface area (Å²) in [7, 11) is 1.60. The Balaban J connectivity index is 1.51. The summed E-state index contributed by atoms with van der Waals surface area (Å²) in [6, 6.07) is 8.51. The van der Waals surface area contributed by atoms with Crippen LogP contribution in [-0.2, 0) is 17.4 Å². The highest BCUT2D eigenvalue weighted by Crippen LogP contribution is 2.29. The van der Waals surface area contributed by atoms with Crippen molar-refractivity contribution in [1.82, 2.24) is 14.9 Å². The largest absolute Gasteiger partial charge is 0.497 e. The van der Waals surface area contributed by atoms with Crippen molar-refractivity contribution in [1.29, 1.82) is 0 Å². The van der Waals surface area contributed by atoms with Crippen molar-refractivity contribution in [3.05, 3.63) is 47.9 Å². The first-order valence-corrected chi connectivity index (χ1v) is 8.92. The van der Waals surface area contributed by atoms with E-state index < -0.39 is 11.9 Å². The molecule has 150 valence electrons. The summed E-state index contributed by atoms with van der Waals surface area (Å²) in [5.41, 5.74) is 0.0870. The van der Waals surface area contributed by atoms with Crippen molar-refractivity contribution in [3.8, 4) is 5.75 Å². The molecule has 0 saturated carbocycles. The molecule has 1 amide bonds. The van der Waals surface area contributed by atoms with Crippen LogP contribution in [0.2, 0.25) is 0 Å². The number of carbonyl (C=O) groups excluding carboxylic acids is 1. The summed E-state index contributed by atoms with van der Waals surface area (Å²) < 4.78 is 43.5. The molecule has 0 atom stereocenters. The number of nitrogens with zero attached hydrogens (tertiary/aromatic N) is 4. The van der Waals surface area contributed by atoms with Gasteiger partial charge in [-0.25, -0.2) is 9.97 Å². The molecule has 9 heteroatoms.